The van der Waals surface area contributed by atoms with Crippen LogP contribution in [0.1, 0.15) is 142 Å². The van der Waals surface area contributed by atoms with Crippen molar-refractivity contribution in [3.63, 3.8) is 0 Å². The minimum atomic E-state index is -4.79. The normalized spacial score (nSPS) is 17.2. The minimum absolute atomic E-state index is 0.114. The topological polar surface area (TPSA) is 132 Å². The third kappa shape index (κ3) is 33.5. The van der Waals surface area contributed by atoms with Crippen LogP contribution in [0.2, 0.25) is 0 Å². The Labute approximate surface area is 320 Å². The van der Waals surface area contributed by atoms with Crippen molar-refractivity contribution in [2.45, 2.75) is 161 Å². The van der Waals surface area contributed by atoms with Crippen LogP contribution in [0.5, 0.6) is 0 Å². The molecule has 1 fully saturated rings. The van der Waals surface area contributed by atoms with Crippen LogP contribution < -0.4 is 0 Å². The Balaban J connectivity index is 2.18. The van der Waals surface area contributed by atoms with Gasteiger partial charge in [0.05, 0.1) is 18.8 Å². The molecule has 1 aliphatic rings. The van der Waals surface area contributed by atoms with Crippen molar-refractivity contribution in [1.82, 2.24) is 0 Å². The highest BCUT2D eigenvalue weighted by molar-refractivity contribution is 7.46. The molecule has 10 heteroatoms. The number of hydrogen-bond donors (Lipinski definition) is 2. The monoisotopic (exact) mass is 760 g/mol. The highest BCUT2D eigenvalue weighted by Gasteiger charge is 2.36. The van der Waals surface area contributed by atoms with Gasteiger partial charge in [-0.2, -0.15) is 0 Å². The molecule has 0 aromatic heterocycles. The third-order valence-corrected chi connectivity index (χ3v) is 8.77. The van der Waals surface area contributed by atoms with Crippen LogP contribution in [0, 0.1) is 0 Å². The second-order valence-corrected chi connectivity index (χ2v) is 14.5. The zero-order valence-electron chi connectivity index (χ0n) is 32.6. The van der Waals surface area contributed by atoms with E-state index in [1.54, 1.807) is 0 Å². The number of carbonyl (C=O) groups is 2. The maximum absolute atomic E-state index is 12.4. The molecule has 53 heavy (non-hydrogen) atoms. The van der Waals surface area contributed by atoms with E-state index in [9.17, 15) is 14.2 Å². The Morgan fingerprint density at radius 1 is 0.585 bits per heavy atom. The summed E-state index contributed by atoms with van der Waals surface area (Å²) >= 11 is 0. The van der Waals surface area contributed by atoms with E-state index in [1.165, 1.54) is 44.9 Å². The van der Waals surface area contributed by atoms with E-state index in [4.69, 9.17) is 24.0 Å². The van der Waals surface area contributed by atoms with E-state index in [-0.39, 0.29) is 19.4 Å². The van der Waals surface area contributed by atoms with Crippen molar-refractivity contribution in [3.05, 3.63) is 85.1 Å². The smallest absolute Gasteiger partial charge is 0.462 e. The van der Waals surface area contributed by atoms with Crippen LogP contribution in [-0.2, 0) is 32.9 Å². The van der Waals surface area contributed by atoms with Gasteiger partial charge < -0.3 is 24.0 Å². The summed E-state index contributed by atoms with van der Waals surface area (Å²) in [5.41, 5.74) is 0. The summed E-state index contributed by atoms with van der Waals surface area (Å²) in [6.07, 6.45) is 47.7. The number of hydrogen-bond acceptors (Lipinski definition) is 7. The molecule has 0 bridgehead atoms. The molecule has 3 atom stereocenters. The highest BCUT2D eigenvalue weighted by atomic mass is 31.2. The number of epoxide rings is 1. The maximum Gasteiger partial charge on any atom is 0.469 e. The molecule has 2 N–H and O–H groups in total. The van der Waals surface area contributed by atoms with E-state index in [2.05, 4.69) is 85.2 Å². The molecule has 0 amide bonds. The lowest BCUT2D eigenvalue weighted by molar-refractivity contribution is -0.161. The first kappa shape index (κ1) is 48.2. The first-order chi connectivity index (χ1) is 25.7. The third-order valence-electron chi connectivity index (χ3n) is 8.29. The molecule has 1 heterocycles. The number of ether oxygens (including phenoxy) is 3. The summed E-state index contributed by atoms with van der Waals surface area (Å²) in [7, 11) is -4.79. The standard InChI is InChI=1S/C43H69O9P/c1-3-5-7-9-11-12-13-14-15-16-17-18-19-20-23-27-31-35-42(44)49-37-39(38-50-53(46,47)48)51-43(45)36-32-28-24-21-22-26-30-34-41-40(52-41)33-29-25-10-8-6-4-2/h11-12,14-15,17-18,20-21,23-26,29-30,39-41H,3-10,13,16,19,22,27-28,31-38H2,1-2H3,(H2,46,47,48)/b12-11-,15-14-,18-17-,23-20-,24-21-,29-25-,30-26-/t39-,40?,41?/m1/s1. The lowest BCUT2D eigenvalue weighted by atomic mass is 10.1. The number of allylic oxidation sites excluding steroid dienone is 12. The van der Waals surface area contributed by atoms with Gasteiger partial charge in [-0.1, -0.05) is 125 Å². The fraction of sp³-hybridized carbons (Fsp3) is 0.628. The SMILES string of the molecule is CCCCC/C=C\C/C=C\C/C=C\C/C=C\CCCC(=O)OC[C@H](COP(=O)(O)O)OC(=O)CCC/C=C\C/C=C\CC1OC1C/C=C\CCCCC. The molecular weight excluding hydrogens is 691 g/mol. The van der Waals surface area contributed by atoms with Crippen molar-refractivity contribution < 1.29 is 42.7 Å². The molecular formula is C43H69O9P. The molecule has 0 saturated carbocycles. The average molecular weight is 761 g/mol. The lowest BCUT2D eigenvalue weighted by Crippen LogP contribution is -2.29. The van der Waals surface area contributed by atoms with Gasteiger partial charge in [0.1, 0.15) is 6.61 Å². The van der Waals surface area contributed by atoms with Gasteiger partial charge in [-0.25, -0.2) is 4.57 Å². The van der Waals surface area contributed by atoms with E-state index in [0.717, 1.165) is 44.9 Å². The van der Waals surface area contributed by atoms with Crippen LogP contribution in [0.15, 0.2) is 85.1 Å². The predicted molar refractivity (Wildman–Crippen MR) is 215 cm³/mol. The van der Waals surface area contributed by atoms with E-state index in [1.807, 2.05) is 18.2 Å². The number of phosphoric ester groups is 1. The van der Waals surface area contributed by atoms with E-state index >= 15 is 0 Å². The Morgan fingerprint density at radius 3 is 1.49 bits per heavy atom. The van der Waals surface area contributed by atoms with Crippen LogP contribution in [0.4, 0.5) is 0 Å². The maximum atomic E-state index is 12.4. The summed E-state index contributed by atoms with van der Waals surface area (Å²) in [5, 5.41) is 0. The predicted octanol–water partition coefficient (Wildman–Crippen LogP) is 11.1. The molecule has 300 valence electrons. The Bertz CT molecular complexity index is 1190. The summed E-state index contributed by atoms with van der Waals surface area (Å²) in [6, 6.07) is 0. The van der Waals surface area contributed by atoms with Gasteiger partial charge in [-0.3, -0.25) is 14.1 Å². The molecule has 0 spiro atoms. The Kier molecular flexibility index (Phi) is 30.7. The largest absolute Gasteiger partial charge is 0.469 e. The van der Waals surface area contributed by atoms with Crippen LogP contribution in [0.3, 0.4) is 0 Å². The molecule has 0 aliphatic carbocycles. The van der Waals surface area contributed by atoms with Crippen molar-refractivity contribution >= 4 is 19.8 Å². The van der Waals surface area contributed by atoms with Crippen molar-refractivity contribution in [2.75, 3.05) is 13.2 Å². The van der Waals surface area contributed by atoms with Crippen LogP contribution in [0.25, 0.3) is 0 Å². The molecule has 9 nitrogen and oxygen atoms in total. The molecule has 0 aromatic carbocycles. The molecule has 0 aromatic rings. The number of rotatable bonds is 34. The molecule has 1 aliphatic heterocycles. The number of esters is 2. The average Bonchev–Trinajstić information content (AvgIpc) is 3.88. The van der Waals surface area contributed by atoms with Gasteiger partial charge in [0.15, 0.2) is 6.10 Å². The molecule has 1 saturated heterocycles. The van der Waals surface area contributed by atoms with E-state index in [0.29, 0.717) is 37.9 Å². The highest BCUT2D eigenvalue weighted by Crippen LogP contribution is 2.36. The lowest BCUT2D eigenvalue weighted by Gasteiger charge is -2.18. The zero-order valence-corrected chi connectivity index (χ0v) is 33.5. The summed E-state index contributed by atoms with van der Waals surface area (Å²) in [6.45, 7) is 3.51. The van der Waals surface area contributed by atoms with E-state index < -0.39 is 32.5 Å². The second kappa shape index (κ2) is 33.7. The first-order valence-corrected chi connectivity index (χ1v) is 21.5. The quantitative estimate of drug-likeness (QED) is 0.0216. The van der Waals surface area contributed by atoms with Crippen molar-refractivity contribution in [1.29, 1.82) is 0 Å². The van der Waals surface area contributed by atoms with Crippen LogP contribution >= 0.6 is 7.82 Å². The Hall–Kier alpha value is -2.81. The van der Waals surface area contributed by atoms with Gasteiger partial charge in [0.2, 0.25) is 0 Å². The van der Waals surface area contributed by atoms with Crippen molar-refractivity contribution in [3.8, 4) is 0 Å². The van der Waals surface area contributed by atoms with Crippen LogP contribution in [-0.4, -0.2) is 53.3 Å². The summed E-state index contributed by atoms with van der Waals surface area (Å²) in [5.74, 6) is -1.03. The van der Waals surface area contributed by atoms with Gasteiger partial charge in [0.25, 0.3) is 0 Å². The van der Waals surface area contributed by atoms with Gasteiger partial charge in [0, 0.05) is 12.8 Å². The minimum Gasteiger partial charge on any atom is -0.462 e. The zero-order chi connectivity index (χ0) is 38.7. The fourth-order valence-corrected chi connectivity index (χ4v) is 5.52. The summed E-state index contributed by atoms with van der Waals surface area (Å²) in [4.78, 5) is 42.8. The van der Waals surface area contributed by atoms with Gasteiger partial charge in [-0.15, -0.1) is 0 Å². The molecule has 2 unspecified atom stereocenters. The van der Waals surface area contributed by atoms with Gasteiger partial charge in [-0.05, 0) is 89.9 Å². The summed E-state index contributed by atoms with van der Waals surface area (Å²) < 4.78 is 32.0. The second-order valence-electron chi connectivity index (χ2n) is 13.3. The number of unbranched alkanes of at least 4 members (excludes halogenated alkanes) is 8. The molecule has 0 radical (unpaired) electrons. The number of phosphoric acid groups is 1. The Morgan fingerprint density at radius 2 is 1.00 bits per heavy atom. The van der Waals surface area contributed by atoms with Gasteiger partial charge >= 0.3 is 19.8 Å². The first-order valence-electron chi connectivity index (χ1n) is 20.0. The van der Waals surface area contributed by atoms with Crippen molar-refractivity contribution in [2.24, 2.45) is 0 Å². The molecule has 1 rings (SSSR count). The number of carbonyl (C=O) groups excluding carboxylic acids is 2. The fourth-order valence-electron chi connectivity index (χ4n) is 5.16.